The van der Waals surface area contributed by atoms with E-state index in [0.29, 0.717) is 26.4 Å². The molecule has 1 heterocycles. The molecule has 0 aliphatic carbocycles. The number of carbonyl (C=O) groups is 1. The first kappa shape index (κ1) is 45.0. The molecule has 1 saturated heterocycles. The van der Waals surface area contributed by atoms with E-state index in [4.69, 9.17) is 37.9 Å². The number of rotatable bonds is 26. The monoisotopic (exact) mass is 803 g/mol. The molecule has 1 unspecified atom stereocenters. The molecule has 1 fully saturated rings. The van der Waals surface area contributed by atoms with Crippen molar-refractivity contribution in [3.8, 4) is 0 Å². The molecular weight excluding hydrogens is 746 g/mol. The van der Waals surface area contributed by atoms with Crippen LogP contribution in [0.2, 0.25) is 0 Å². The molecular formula is C45H57NO12. The van der Waals surface area contributed by atoms with E-state index in [0.717, 1.165) is 22.3 Å². The van der Waals surface area contributed by atoms with Gasteiger partial charge in [0.25, 0.3) is 0 Å². The Kier molecular flexibility index (Phi) is 19.7. The van der Waals surface area contributed by atoms with Gasteiger partial charge in [0.05, 0.1) is 72.7 Å². The summed E-state index contributed by atoms with van der Waals surface area (Å²) >= 11 is 0. The Hall–Kier alpha value is -4.09. The van der Waals surface area contributed by atoms with Crippen molar-refractivity contribution < 1.29 is 58.0 Å². The van der Waals surface area contributed by atoms with Crippen molar-refractivity contribution in [3.05, 3.63) is 144 Å². The molecule has 0 radical (unpaired) electrons. The first-order valence-corrected chi connectivity index (χ1v) is 19.6. The minimum absolute atomic E-state index is 0.0500. The molecule has 13 heteroatoms. The van der Waals surface area contributed by atoms with Crippen LogP contribution in [0.5, 0.6) is 0 Å². The number of carbonyl (C=O) groups excluding carboxylic acids is 1. The highest BCUT2D eigenvalue weighted by Crippen LogP contribution is 2.24. The van der Waals surface area contributed by atoms with Crippen molar-refractivity contribution in [2.45, 2.75) is 82.3 Å². The molecule has 4 N–H and O–H groups in total. The lowest BCUT2D eigenvalue weighted by Gasteiger charge is -2.43. The maximum absolute atomic E-state index is 12.2. The largest absolute Gasteiger partial charge is 0.394 e. The van der Waals surface area contributed by atoms with Crippen LogP contribution in [0.15, 0.2) is 121 Å². The van der Waals surface area contributed by atoms with Gasteiger partial charge in [-0.05, 0) is 22.3 Å². The summed E-state index contributed by atoms with van der Waals surface area (Å²) in [6.45, 7) is 2.86. The van der Waals surface area contributed by atoms with Gasteiger partial charge in [0.15, 0.2) is 6.29 Å². The molecule has 0 aromatic heterocycles. The molecule has 314 valence electrons. The molecule has 0 saturated carbocycles. The third-order valence-electron chi connectivity index (χ3n) is 9.27. The Bertz CT molecular complexity index is 1480. The Morgan fingerprint density at radius 1 is 0.569 bits per heavy atom. The second kappa shape index (κ2) is 25.4. The number of amides is 1. The van der Waals surface area contributed by atoms with Crippen LogP contribution >= 0.6 is 0 Å². The van der Waals surface area contributed by atoms with Gasteiger partial charge in [0.1, 0.15) is 42.7 Å². The van der Waals surface area contributed by atoms with Crippen LogP contribution in [-0.4, -0.2) is 116 Å². The van der Waals surface area contributed by atoms with E-state index in [-0.39, 0.29) is 39.6 Å². The Balaban J connectivity index is 1.30. The summed E-state index contributed by atoms with van der Waals surface area (Å²) in [7, 11) is 0. The fourth-order valence-corrected chi connectivity index (χ4v) is 6.21. The smallest absolute Gasteiger partial charge is 0.217 e. The first-order chi connectivity index (χ1) is 28.4. The van der Waals surface area contributed by atoms with Gasteiger partial charge < -0.3 is 58.5 Å². The van der Waals surface area contributed by atoms with Gasteiger partial charge in [-0.3, -0.25) is 4.79 Å². The number of nitrogens with one attached hydrogen (secondary N) is 1. The summed E-state index contributed by atoms with van der Waals surface area (Å²) in [5.41, 5.74) is 4.03. The SMILES string of the molecule is CC(=O)N[C@H]1C(OC(COC(COCc2ccccc2)COCc2ccccc2)COC(COCc2ccccc2)COCc2ccccc2)O[C@H](CO)[C@@H](O)[C@@H]1O. The summed E-state index contributed by atoms with van der Waals surface area (Å²) in [6.07, 6.45) is -7.38. The van der Waals surface area contributed by atoms with Crippen LogP contribution in [0.4, 0.5) is 0 Å². The minimum Gasteiger partial charge on any atom is -0.394 e. The standard InChI is InChI=1S/C45H57NO12/c1-33(48)46-42-44(50)43(49)41(22-47)58-45(42)57-40(31-55-38(27-51-23-34-14-6-2-7-15-34)28-52-24-35-16-8-3-9-17-35)32-56-39(29-53-25-36-18-10-4-11-19-36)30-54-26-37-20-12-5-13-21-37/h2-21,38-45,47,49-50H,22-32H2,1H3,(H,46,48)/t41-,42-,43-,44-,45?/m1/s1. The average molecular weight is 804 g/mol. The molecule has 5 rings (SSSR count). The van der Waals surface area contributed by atoms with Crippen molar-refractivity contribution in [2.24, 2.45) is 0 Å². The highest BCUT2D eigenvalue weighted by Gasteiger charge is 2.46. The molecule has 5 atom stereocenters. The van der Waals surface area contributed by atoms with E-state index in [1.54, 1.807) is 0 Å². The summed E-state index contributed by atoms with van der Waals surface area (Å²) in [4.78, 5) is 12.2. The van der Waals surface area contributed by atoms with Crippen LogP contribution in [0.25, 0.3) is 0 Å². The van der Waals surface area contributed by atoms with Crippen molar-refractivity contribution in [3.63, 3.8) is 0 Å². The molecule has 13 nitrogen and oxygen atoms in total. The summed E-state index contributed by atoms with van der Waals surface area (Å²) in [6, 6.07) is 38.0. The lowest BCUT2D eigenvalue weighted by Crippen LogP contribution is -2.65. The predicted octanol–water partition coefficient (Wildman–Crippen LogP) is 3.95. The minimum atomic E-state index is -1.50. The zero-order valence-corrected chi connectivity index (χ0v) is 33.0. The highest BCUT2D eigenvalue weighted by atomic mass is 16.7. The van der Waals surface area contributed by atoms with Crippen molar-refractivity contribution in [2.75, 3.05) is 46.2 Å². The molecule has 1 amide bonds. The molecule has 4 aromatic carbocycles. The lowest BCUT2D eigenvalue weighted by atomic mass is 9.97. The Morgan fingerprint density at radius 2 is 0.931 bits per heavy atom. The van der Waals surface area contributed by atoms with Gasteiger partial charge in [-0.2, -0.15) is 0 Å². The number of hydrogen-bond donors (Lipinski definition) is 4. The number of benzene rings is 4. The number of aliphatic hydroxyl groups excluding tert-OH is 3. The molecule has 1 aliphatic heterocycles. The second-order valence-electron chi connectivity index (χ2n) is 14.1. The third kappa shape index (κ3) is 15.9. The Labute approximate surface area is 340 Å². The zero-order valence-electron chi connectivity index (χ0n) is 33.0. The van der Waals surface area contributed by atoms with Crippen LogP contribution < -0.4 is 5.32 Å². The molecule has 0 spiro atoms. The van der Waals surface area contributed by atoms with Crippen LogP contribution in [0.3, 0.4) is 0 Å². The summed E-state index contributed by atoms with van der Waals surface area (Å²) < 4.78 is 49.5. The fourth-order valence-electron chi connectivity index (χ4n) is 6.21. The van der Waals surface area contributed by atoms with Crippen LogP contribution in [0.1, 0.15) is 29.2 Å². The Morgan fingerprint density at radius 3 is 1.26 bits per heavy atom. The second-order valence-corrected chi connectivity index (χ2v) is 14.1. The third-order valence-corrected chi connectivity index (χ3v) is 9.27. The quantitative estimate of drug-likeness (QED) is 0.0725. The van der Waals surface area contributed by atoms with E-state index in [1.807, 2.05) is 121 Å². The van der Waals surface area contributed by atoms with Crippen LogP contribution in [0, 0.1) is 0 Å². The molecule has 58 heavy (non-hydrogen) atoms. The predicted molar refractivity (Wildman–Crippen MR) is 214 cm³/mol. The van der Waals surface area contributed by atoms with Gasteiger partial charge in [-0.25, -0.2) is 0 Å². The van der Waals surface area contributed by atoms with Gasteiger partial charge in [0, 0.05) is 6.92 Å². The fraction of sp³-hybridized carbons (Fsp3) is 0.444. The maximum Gasteiger partial charge on any atom is 0.217 e. The number of aliphatic hydroxyl groups is 3. The summed E-state index contributed by atoms with van der Waals surface area (Å²) in [5.74, 6) is -0.475. The van der Waals surface area contributed by atoms with Gasteiger partial charge >= 0.3 is 0 Å². The number of hydrogen-bond acceptors (Lipinski definition) is 12. The van der Waals surface area contributed by atoms with Gasteiger partial charge in [0.2, 0.25) is 5.91 Å². The van der Waals surface area contributed by atoms with Crippen molar-refractivity contribution in [1.82, 2.24) is 5.32 Å². The topological polar surface area (TPSA) is 164 Å². The van der Waals surface area contributed by atoms with Gasteiger partial charge in [-0.15, -0.1) is 0 Å². The molecule has 4 aromatic rings. The maximum atomic E-state index is 12.2. The van der Waals surface area contributed by atoms with E-state index in [9.17, 15) is 20.1 Å². The summed E-state index contributed by atoms with van der Waals surface area (Å²) in [5, 5.41) is 34.2. The normalized spacial score (nSPS) is 19.5. The number of ether oxygens (including phenoxy) is 8. The van der Waals surface area contributed by atoms with Gasteiger partial charge in [-0.1, -0.05) is 121 Å². The lowest BCUT2D eigenvalue weighted by molar-refractivity contribution is -0.291. The zero-order chi connectivity index (χ0) is 40.8. The van der Waals surface area contributed by atoms with E-state index < -0.39 is 61.5 Å². The van der Waals surface area contributed by atoms with Crippen molar-refractivity contribution in [1.29, 1.82) is 0 Å². The average Bonchev–Trinajstić information content (AvgIpc) is 3.25. The highest BCUT2D eigenvalue weighted by molar-refractivity contribution is 5.73. The molecule has 1 aliphatic rings. The first-order valence-electron chi connectivity index (χ1n) is 19.6. The van der Waals surface area contributed by atoms with Crippen molar-refractivity contribution >= 4 is 5.91 Å². The van der Waals surface area contributed by atoms with E-state index in [1.165, 1.54) is 6.92 Å². The van der Waals surface area contributed by atoms with E-state index in [2.05, 4.69) is 5.32 Å². The van der Waals surface area contributed by atoms with E-state index >= 15 is 0 Å². The van der Waals surface area contributed by atoms with Crippen LogP contribution in [-0.2, 0) is 69.1 Å². The molecule has 0 bridgehead atoms.